The van der Waals surface area contributed by atoms with Gasteiger partial charge in [0, 0.05) is 6.54 Å². The molecule has 0 N–H and O–H groups in total. The Kier molecular flexibility index (Phi) is 2.69. The monoisotopic (exact) mass is 143 g/mol. The molecular formula is C8H17NO. The average Bonchev–Trinajstić information content (AvgIpc) is 2.34. The fourth-order valence-corrected chi connectivity index (χ4v) is 1.37. The molecule has 0 aliphatic carbocycles. The van der Waals surface area contributed by atoms with Gasteiger partial charge >= 0.3 is 0 Å². The van der Waals surface area contributed by atoms with Gasteiger partial charge in [-0.1, -0.05) is 13.8 Å². The van der Waals surface area contributed by atoms with Crippen molar-refractivity contribution in [3.05, 3.63) is 0 Å². The van der Waals surface area contributed by atoms with E-state index in [4.69, 9.17) is 4.74 Å². The summed E-state index contributed by atoms with van der Waals surface area (Å²) in [5, 5.41) is 0. The number of likely N-dealkylation sites (N-methyl/N-ethyl adjacent to an activating group) is 1. The lowest BCUT2D eigenvalue weighted by molar-refractivity contribution is 0.00240. The summed E-state index contributed by atoms with van der Waals surface area (Å²) in [6, 6.07) is 0. The molecule has 60 valence electrons. The normalized spacial score (nSPS) is 30.9. The third kappa shape index (κ3) is 1.50. The Balaban J connectivity index is 2.38. The summed E-state index contributed by atoms with van der Waals surface area (Å²) in [4.78, 5) is 2.29. The van der Waals surface area contributed by atoms with Crippen LogP contribution in [0.25, 0.3) is 0 Å². The van der Waals surface area contributed by atoms with Crippen molar-refractivity contribution in [3.8, 4) is 0 Å². The van der Waals surface area contributed by atoms with Crippen molar-refractivity contribution < 1.29 is 4.74 Å². The summed E-state index contributed by atoms with van der Waals surface area (Å²) in [5.74, 6) is 0.674. The Morgan fingerprint density at radius 1 is 1.70 bits per heavy atom. The predicted octanol–water partition coefficient (Wildman–Crippen LogP) is 1.32. The average molecular weight is 143 g/mol. The fraction of sp³-hybridized carbons (Fsp3) is 1.00. The second-order valence-corrected chi connectivity index (χ2v) is 3.13. The molecule has 0 saturated carbocycles. The van der Waals surface area contributed by atoms with E-state index in [1.165, 1.54) is 6.42 Å². The van der Waals surface area contributed by atoms with Crippen LogP contribution in [0.5, 0.6) is 0 Å². The SMILES string of the molecule is CCC(C)C1OCCN1C. The summed E-state index contributed by atoms with van der Waals surface area (Å²) >= 11 is 0. The Bertz CT molecular complexity index is 105. The van der Waals surface area contributed by atoms with Crippen LogP contribution in [0.1, 0.15) is 20.3 Å². The molecule has 0 aromatic heterocycles. The summed E-state index contributed by atoms with van der Waals surface area (Å²) in [5.41, 5.74) is 0. The standard InChI is InChI=1S/C8H17NO/c1-4-7(2)8-9(3)5-6-10-8/h7-8H,4-6H2,1-3H3. The molecule has 2 nitrogen and oxygen atoms in total. The lowest BCUT2D eigenvalue weighted by Crippen LogP contribution is -2.31. The van der Waals surface area contributed by atoms with Gasteiger partial charge in [-0.25, -0.2) is 0 Å². The summed E-state index contributed by atoms with van der Waals surface area (Å²) in [6.45, 7) is 6.45. The lowest BCUT2D eigenvalue weighted by Gasteiger charge is -2.23. The molecule has 1 rings (SSSR count). The first kappa shape index (κ1) is 8.02. The Morgan fingerprint density at radius 3 is 2.80 bits per heavy atom. The van der Waals surface area contributed by atoms with Gasteiger partial charge in [0.25, 0.3) is 0 Å². The van der Waals surface area contributed by atoms with Crippen LogP contribution in [-0.4, -0.2) is 31.3 Å². The molecule has 1 saturated heterocycles. The van der Waals surface area contributed by atoms with E-state index in [0.717, 1.165) is 13.2 Å². The van der Waals surface area contributed by atoms with Gasteiger partial charge < -0.3 is 4.74 Å². The van der Waals surface area contributed by atoms with Crippen LogP contribution in [0.15, 0.2) is 0 Å². The van der Waals surface area contributed by atoms with Crippen molar-refractivity contribution in [2.75, 3.05) is 20.2 Å². The van der Waals surface area contributed by atoms with Gasteiger partial charge in [0.2, 0.25) is 0 Å². The van der Waals surface area contributed by atoms with Gasteiger partial charge in [-0.05, 0) is 19.4 Å². The van der Waals surface area contributed by atoms with Crippen LogP contribution < -0.4 is 0 Å². The third-order valence-corrected chi connectivity index (χ3v) is 2.30. The van der Waals surface area contributed by atoms with Gasteiger partial charge in [-0.3, -0.25) is 4.90 Å². The summed E-state index contributed by atoms with van der Waals surface area (Å²) < 4.78 is 5.54. The molecule has 2 heteroatoms. The van der Waals surface area contributed by atoms with Crippen molar-refractivity contribution in [1.29, 1.82) is 0 Å². The van der Waals surface area contributed by atoms with E-state index in [9.17, 15) is 0 Å². The van der Waals surface area contributed by atoms with Crippen LogP contribution in [0, 0.1) is 5.92 Å². The second-order valence-electron chi connectivity index (χ2n) is 3.13. The first-order valence-electron chi connectivity index (χ1n) is 4.07. The molecule has 10 heavy (non-hydrogen) atoms. The number of ether oxygens (including phenoxy) is 1. The lowest BCUT2D eigenvalue weighted by atomic mass is 10.1. The predicted molar refractivity (Wildman–Crippen MR) is 41.8 cm³/mol. The van der Waals surface area contributed by atoms with Gasteiger partial charge in [-0.2, -0.15) is 0 Å². The molecule has 1 aliphatic heterocycles. The second kappa shape index (κ2) is 3.35. The maximum atomic E-state index is 5.54. The number of rotatable bonds is 2. The summed E-state index contributed by atoms with van der Waals surface area (Å²) in [7, 11) is 2.13. The van der Waals surface area contributed by atoms with E-state index in [0.29, 0.717) is 12.1 Å². The van der Waals surface area contributed by atoms with Crippen molar-refractivity contribution in [2.24, 2.45) is 5.92 Å². The highest BCUT2D eigenvalue weighted by molar-refractivity contribution is 4.70. The quantitative estimate of drug-likeness (QED) is 0.578. The summed E-state index contributed by atoms with van der Waals surface area (Å²) in [6.07, 6.45) is 1.58. The van der Waals surface area contributed by atoms with Crippen molar-refractivity contribution in [2.45, 2.75) is 26.5 Å². The molecule has 0 spiro atoms. The number of nitrogens with zero attached hydrogens (tertiary/aromatic N) is 1. The first-order valence-corrected chi connectivity index (χ1v) is 4.07. The molecule has 0 radical (unpaired) electrons. The topological polar surface area (TPSA) is 12.5 Å². The van der Waals surface area contributed by atoms with Crippen LogP contribution in [0.3, 0.4) is 0 Å². The van der Waals surface area contributed by atoms with Crippen molar-refractivity contribution in [3.63, 3.8) is 0 Å². The van der Waals surface area contributed by atoms with E-state index >= 15 is 0 Å². The smallest absolute Gasteiger partial charge is 0.113 e. The Labute approximate surface area is 63.2 Å². The molecule has 0 bridgehead atoms. The molecule has 0 amide bonds. The Hall–Kier alpha value is -0.0800. The Morgan fingerprint density at radius 2 is 2.40 bits per heavy atom. The zero-order chi connectivity index (χ0) is 7.56. The maximum absolute atomic E-state index is 5.54. The molecule has 0 aromatic carbocycles. The minimum Gasteiger partial charge on any atom is -0.362 e. The van der Waals surface area contributed by atoms with E-state index in [2.05, 4.69) is 25.8 Å². The molecule has 1 heterocycles. The van der Waals surface area contributed by atoms with Crippen molar-refractivity contribution in [1.82, 2.24) is 4.90 Å². The zero-order valence-electron chi connectivity index (χ0n) is 7.13. The zero-order valence-corrected chi connectivity index (χ0v) is 7.13. The highest BCUT2D eigenvalue weighted by Crippen LogP contribution is 2.18. The van der Waals surface area contributed by atoms with Crippen LogP contribution in [0.2, 0.25) is 0 Å². The highest BCUT2D eigenvalue weighted by Gasteiger charge is 2.25. The molecule has 2 unspecified atom stereocenters. The molecule has 2 atom stereocenters. The first-order chi connectivity index (χ1) is 4.75. The molecular weight excluding hydrogens is 126 g/mol. The molecule has 1 aliphatic rings. The van der Waals surface area contributed by atoms with Crippen LogP contribution in [0.4, 0.5) is 0 Å². The minimum absolute atomic E-state index is 0.380. The van der Waals surface area contributed by atoms with Gasteiger partial charge in [0.15, 0.2) is 0 Å². The van der Waals surface area contributed by atoms with E-state index in [1.54, 1.807) is 0 Å². The van der Waals surface area contributed by atoms with Crippen LogP contribution in [-0.2, 0) is 4.74 Å². The maximum Gasteiger partial charge on any atom is 0.113 e. The molecule has 0 aromatic rings. The largest absolute Gasteiger partial charge is 0.362 e. The fourth-order valence-electron chi connectivity index (χ4n) is 1.37. The van der Waals surface area contributed by atoms with E-state index in [1.807, 2.05) is 0 Å². The molecule has 1 fully saturated rings. The number of hydrogen-bond acceptors (Lipinski definition) is 2. The van der Waals surface area contributed by atoms with E-state index in [-0.39, 0.29) is 0 Å². The van der Waals surface area contributed by atoms with E-state index < -0.39 is 0 Å². The van der Waals surface area contributed by atoms with Crippen molar-refractivity contribution >= 4 is 0 Å². The third-order valence-electron chi connectivity index (χ3n) is 2.30. The number of hydrogen-bond donors (Lipinski definition) is 0. The van der Waals surface area contributed by atoms with Crippen LogP contribution >= 0.6 is 0 Å². The highest BCUT2D eigenvalue weighted by atomic mass is 16.5. The van der Waals surface area contributed by atoms with Gasteiger partial charge in [0.05, 0.1) is 6.61 Å². The van der Waals surface area contributed by atoms with Gasteiger partial charge in [-0.15, -0.1) is 0 Å². The van der Waals surface area contributed by atoms with Gasteiger partial charge in [0.1, 0.15) is 6.23 Å². The minimum atomic E-state index is 0.380.